The highest BCUT2D eigenvalue weighted by Crippen LogP contribution is 2.30. The smallest absolute Gasteiger partial charge is 0.274 e. The molecule has 7 nitrogen and oxygen atoms in total. The summed E-state index contributed by atoms with van der Waals surface area (Å²) in [6.45, 7) is 5.39. The van der Waals surface area contributed by atoms with Crippen LogP contribution in [0.4, 0.5) is 0 Å². The van der Waals surface area contributed by atoms with E-state index >= 15 is 0 Å². The number of carbonyl (C=O) groups excluding carboxylic acids is 1. The zero-order valence-electron chi connectivity index (χ0n) is 16.5. The van der Waals surface area contributed by atoms with Crippen molar-refractivity contribution in [3.63, 3.8) is 0 Å². The molecule has 28 heavy (non-hydrogen) atoms. The molecule has 1 saturated heterocycles. The molecule has 5 rings (SSSR count). The molecular formula is C21H26N6O. The summed E-state index contributed by atoms with van der Waals surface area (Å²) in [5.41, 5.74) is 6.16. The van der Waals surface area contributed by atoms with Crippen molar-refractivity contribution in [2.24, 2.45) is 0 Å². The number of nitrogens with one attached hydrogen (secondary N) is 2. The lowest BCUT2D eigenvalue weighted by molar-refractivity contribution is 0.0703. The molecule has 1 amide bonds. The Kier molecular flexibility index (Phi) is 4.19. The van der Waals surface area contributed by atoms with Crippen molar-refractivity contribution < 1.29 is 4.79 Å². The van der Waals surface area contributed by atoms with Crippen molar-refractivity contribution in [3.8, 4) is 0 Å². The van der Waals surface area contributed by atoms with Crippen LogP contribution in [0.3, 0.4) is 0 Å². The Morgan fingerprint density at radius 3 is 2.82 bits per heavy atom. The first-order valence-corrected chi connectivity index (χ1v) is 10.1. The highest BCUT2D eigenvalue weighted by molar-refractivity contribution is 5.94. The Morgan fingerprint density at radius 1 is 1.21 bits per heavy atom. The number of nitrogens with zero attached hydrogens (tertiary/aromatic N) is 4. The van der Waals surface area contributed by atoms with E-state index in [0.717, 1.165) is 73.6 Å². The van der Waals surface area contributed by atoms with Crippen molar-refractivity contribution >= 4 is 16.9 Å². The van der Waals surface area contributed by atoms with E-state index in [1.807, 2.05) is 4.90 Å². The monoisotopic (exact) mass is 378 g/mol. The Hall–Kier alpha value is -2.67. The average Bonchev–Trinajstić information content (AvgIpc) is 3.32. The molecule has 0 unspecified atom stereocenters. The van der Waals surface area contributed by atoms with E-state index in [0.29, 0.717) is 11.6 Å². The zero-order chi connectivity index (χ0) is 19.3. The van der Waals surface area contributed by atoms with Crippen LogP contribution in [0.15, 0.2) is 18.2 Å². The van der Waals surface area contributed by atoms with E-state index in [1.54, 1.807) is 0 Å². The number of aromatic amines is 2. The molecule has 0 radical (unpaired) electrons. The van der Waals surface area contributed by atoms with Gasteiger partial charge in [0.1, 0.15) is 5.82 Å². The molecular weight excluding hydrogens is 352 g/mol. The van der Waals surface area contributed by atoms with Crippen molar-refractivity contribution in [1.29, 1.82) is 0 Å². The molecule has 2 N–H and O–H groups in total. The molecule has 0 spiro atoms. The van der Waals surface area contributed by atoms with E-state index in [-0.39, 0.29) is 5.91 Å². The standard InChI is InChI=1S/C21H26N6O/c1-13-4-3-5-17-18(13)23-20(22-17)14-6-10-27(11-7-14)21(28)19-15-12-26(2)9-8-16(15)24-25-19/h3-5,14H,6-12H2,1-2H3,(H,22,23)(H,24,25). The van der Waals surface area contributed by atoms with Crippen LogP contribution in [-0.4, -0.2) is 62.6 Å². The molecule has 7 heteroatoms. The van der Waals surface area contributed by atoms with Crippen molar-refractivity contribution in [3.05, 3.63) is 46.5 Å². The van der Waals surface area contributed by atoms with Crippen LogP contribution in [0.2, 0.25) is 0 Å². The molecule has 1 aromatic carbocycles. The number of aromatic nitrogens is 4. The molecule has 0 aliphatic carbocycles. The summed E-state index contributed by atoms with van der Waals surface area (Å²) >= 11 is 0. The van der Waals surface area contributed by atoms with Crippen LogP contribution in [-0.2, 0) is 13.0 Å². The molecule has 2 aliphatic heterocycles. The Bertz CT molecular complexity index is 1030. The fourth-order valence-electron chi connectivity index (χ4n) is 4.50. The number of amides is 1. The predicted octanol–water partition coefficient (Wildman–Crippen LogP) is 2.60. The van der Waals surface area contributed by atoms with E-state index in [9.17, 15) is 4.79 Å². The number of para-hydroxylation sites is 1. The number of fused-ring (bicyclic) bond motifs is 2. The van der Waals surface area contributed by atoms with Gasteiger partial charge in [-0.1, -0.05) is 12.1 Å². The Labute approximate surface area is 164 Å². The third-order valence-corrected chi connectivity index (χ3v) is 6.23. The van der Waals surface area contributed by atoms with Gasteiger partial charge in [0.15, 0.2) is 5.69 Å². The molecule has 146 valence electrons. The predicted molar refractivity (Wildman–Crippen MR) is 107 cm³/mol. The summed E-state index contributed by atoms with van der Waals surface area (Å²) in [4.78, 5) is 25.6. The maximum Gasteiger partial charge on any atom is 0.274 e. The van der Waals surface area contributed by atoms with Gasteiger partial charge in [0.05, 0.1) is 11.0 Å². The molecule has 3 aromatic rings. The lowest BCUT2D eigenvalue weighted by Crippen LogP contribution is -2.39. The SMILES string of the molecule is Cc1cccc2[nH]c(C3CCN(C(=O)c4n[nH]c5c4CN(C)CC5)CC3)nc12. The normalized spacial score (nSPS) is 18.6. The van der Waals surface area contributed by atoms with Gasteiger partial charge in [-0.25, -0.2) is 4.98 Å². The Morgan fingerprint density at radius 2 is 2.04 bits per heavy atom. The fraction of sp³-hybridized carbons (Fsp3) is 0.476. The molecule has 2 aromatic heterocycles. The first kappa shape index (κ1) is 17.4. The van der Waals surface area contributed by atoms with Gasteiger partial charge < -0.3 is 14.8 Å². The van der Waals surface area contributed by atoms with Gasteiger partial charge in [0, 0.05) is 49.8 Å². The highest BCUT2D eigenvalue weighted by Gasteiger charge is 2.30. The minimum atomic E-state index is 0.0618. The molecule has 4 heterocycles. The quantitative estimate of drug-likeness (QED) is 0.718. The number of benzene rings is 1. The van der Waals surface area contributed by atoms with E-state index in [4.69, 9.17) is 4.98 Å². The van der Waals surface area contributed by atoms with Crippen LogP contribution < -0.4 is 0 Å². The van der Waals surface area contributed by atoms with Gasteiger partial charge >= 0.3 is 0 Å². The second-order valence-electron chi connectivity index (χ2n) is 8.18. The summed E-state index contributed by atoms with van der Waals surface area (Å²) in [6.07, 6.45) is 2.79. The number of hydrogen-bond acceptors (Lipinski definition) is 4. The van der Waals surface area contributed by atoms with Gasteiger partial charge in [-0.15, -0.1) is 0 Å². The summed E-state index contributed by atoms with van der Waals surface area (Å²) in [5, 5.41) is 7.44. The summed E-state index contributed by atoms with van der Waals surface area (Å²) < 4.78 is 0. The number of rotatable bonds is 2. The van der Waals surface area contributed by atoms with E-state index in [1.165, 1.54) is 5.56 Å². The van der Waals surface area contributed by atoms with Gasteiger partial charge in [-0.2, -0.15) is 5.10 Å². The number of piperidine rings is 1. The van der Waals surface area contributed by atoms with Crippen LogP contribution in [0.1, 0.15) is 51.9 Å². The van der Waals surface area contributed by atoms with Crippen LogP contribution in [0.25, 0.3) is 11.0 Å². The maximum atomic E-state index is 13.1. The second kappa shape index (κ2) is 6.74. The van der Waals surface area contributed by atoms with Crippen LogP contribution in [0, 0.1) is 6.92 Å². The summed E-state index contributed by atoms with van der Waals surface area (Å²) in [6, 6.07) is 6.23. The van der Waals surface area contributed by atoms with Gasteiger partial charge in [-0.05, 0) is 38.4 Å². The Balaban J connectivity index is 1.30. The largest absolute Gasteiger partial charge is 0.342 e. The second-order valence-corrected chi connectivity index (χ2v) is 8.18. The number of imidazole rings is 1. The van der Waals surface area contributed by atoms with Gasteiger partial charge in [0.25, 0.3) is 5.91 Å². The summed E-state index contributed by atoms with van der Waals surface area (Å²) in [7, 11) is 2.09. The van der Waals surface area contributed by atoms with Crippen molar-refractivity contribution in [2.45, 2.75) is 38.6 Å². The van der Waals surface area contributed by atoms with E-state index in [2.05, 4.69) is 52.3 Å². The number of likely N-dealkylation sites (tertiary alicyclic amines) is 1. The van der Waals surface area contributed by atoms with Gasteiger partial charge in [0.2, 0.25) is 0 Å². The molecule has 0 bridgehead atoms. The lowest BCUT2D eigenvalue weighted by Gasteiger charge is -2.31. The lowest BCUT2D eigenvalue weighted by atomic mass is 9.95. The van der Waals surface area contributed by atoms with Crippen LogP contribution in [0.5, 0.6) is 0 Å². The van der Waals surface area contributed by atoms with E-state index < -0.39 is 0 Å². The molecule has 2 aliphatic rings. The molecule has 0 saturated carbocycles. The number of H-pyrrole nitrogens is 2. The van der Waals surface area contributed by atoms with Gasteiger partial charge in [-0.3, -0.25) is 9.89 Å². The van der Waals surface area contributed by atoms with Crippen LogP contribution >= 0.6 is 0 Å². The molecule has 0 atom stereocenters. The third kappa shape index (κ3) is 2.90. The first-order chi connectivity index (χ1) is 13.6. The zero-order valence-corrected chi connectivity index (χ0v) is 16.5. The third-order valence-electron chi connectivity index (χ3n) is 6.23. The summed E-state index contributed by atoms with van der Waals surface area (Å²) in [5.74, 6) is 1.48. The minimum absolute atomic E-state index is 0.0618. The first-order valence-electron chi connectivity index (χ1n) is 10.1. The minimum Gasteiger partial charge on any atom is -0.342 e. The number of carbonyl (C=O) groups is 1. The molecule has 1 fully saturated rings. The van der Waals surface area contributed by atoms with Crippen molar-refractivity contribution in [1.82, 2.24) is 30.0 Å². The number of aryl methyl sites for hydroxylation is 1. The fourth-order valence-corrected chi connectivity index (χ4v) is 4.50. The highest BCUT2D eigenvalue weighted by atomic mass is 16.2. The topological polar surface area (TPSA) is 80.9 Å². The number of likely N-dealkylation sites (N-methyl/N-ethyl adjacent to an activating group) is 1. The number of hydrogen-bond donors (Lipinski definition) is 2. The van der Waals surface area contributed by atoms with Crippen molar-refractivity contribution in [2.75, 3.05) is 26.7 Å². The average molecular weight is 378 g/mol. The maximum absolute atomic E-state index is 13.1.